The topological polar surface area (TPSA) is 20.3 Å². The van der Waals surface area contributed by atoms with Crippen molar-refractivity contribution in [2.75, 3.05) is 6.54 Å². The molecule has 0 saturated carbocycles. The maximum atomic E-state index is 10.7. The van der Waals surface area contributed by atoms with E-state index >= 15 is 0 Å². The standard InChI is InChI=1S/C6H7NOS.HI/c8-6-2-4-7-3-1-5(7)9-6;/h2,4-5H,1,3H2;1H. The lowest BCUT2D eigenvalue weighted by atomic mass is 10.2. The summed E-state index contributed by atoms with van der Waals surface area (Å²) < 4.78 is 0. The van der Waals surface area contributed by atoms with Crippen molar-refractivity contribution in [2.24, 2.45) is 0 Å². The van der Waals surface area contributed by atoms with Crippen molar-refractivity contribution < 1.29 is 4.79 Å². The highest BCUT2D eigenvalue weighted by atomic mass is 127. The second kappa shape index (κ2) is 3.13. The van der Waals surface area contributed by atoms with Gasteiger partial charge in [-0.2, -0.15) is 0 Å². The Hall–Kier alpha value is 0.290. The Morgan fingerprint density at radius 1 is 1.70 bits per heavy atom. The van der Waals surface area contributed by atoms with Crippen molar-refractivity contribution in [1.29, 1.82) is 0 Å². The van der Waals surface area contributed by atoms with Crippen molar-refractivity contribution in [3.8, 4) is 0 Å². The first-order valence-electron chi connectivity index (χ1n) is 3.01. The first-order valence-corrected chi connectivity index (χ1v) is 3.89. The van der Waals surface area contributed by atoms with Gasteiger partial charge in [-0.25, -0.2) is 0 Å². The van der Waals surface area contributed by atoms with Crippen LogP contribution in [0, 0.1) is 0 Å². The fourth-order valence-corrected chi connectivity index (χ4v) is 1.95. The Morgan fingerprint density at radius 3 is 2.90 bits per heavy atom. The van der Waals surface area contributed by atoms with Crippen LogP contribution in [0.5, 0.6) is 0 Å². The molecule has 0 amide bonds. The van der Waals surface area contributed by atoms with Crippen molar-refractivity contribution >= 4 is 40.9 Å². The summed E-state index contributed by atoms with van der Waals surface area (Å²) in [4.78, 5) is 12.9. The van der Waals surface area contributed by atoms with Crippen LogP contribution in [0.15, 0.2) is 12.3 Å². The lowest BCUT2D eigenvalue weighted by molar-refractivity contribution is -0.107. The van der Waals surface area contributed by atoms with Crippen LogP contribution in [0.25, 0.3) is 0 Å². The number of hydrogen-bond donors (Lipinski definition) is 0. The molecule has 10 heavy (non-hydrogen) atoms. The van der Waals surface area contributed by atoms with Gasteiger partial charge in [-0.15, -0.1) is 24.0 Å². The molecule has 4 heteroatoms. The van der Waals surface area contributed by atoms with Crippen LogP contribution in [0.3, 0.4) is 0 Å². The first-order chi connectivity index (χ1) is 4.36. The molecule has 2 aliphatic heterocycles. The second-order valence-electron chi connectivity index (χ2n) is 2.23. The van der Waals surface area contributed by atoms with Gasteiger partial charge in [0, 0.05) is 18.8 Å². The molecule has 2 rings (SSSR count). The molecule has 2 heterocycles. The van der Waals surface area contributed by atoms with Crippen LogP contribution in [0.1, 0.15) is 6.42 Å². The molecule has 56 valence electrons. The van der Waals surface area contributed by atoms with Gasteiger partial charge in [0.05, 0.1) is 5.37 Å². The number of carbonyl (C=O) groups is 1. The number of thioether (sulfide) groups is 1. The zero-order chi connectivity index (χ0) is 6.27. The van der Waals surface area contributed by atoms with E-state index in [1.807, 2.05) is 6.20 Å². The van der Waals surface area contributed by atoms with Gasteiger partial charge >= 0.3 is 0 Å². The molecular weight excluding hydrogens is 261 g/mol. The Balaban J connectivity index is 0.000000500. The maximum absolute atomic E-state index is 10.7. The summed E-state index contributed by atoms with van der Waals surface area (Å²) in [5.41, 5.74) is 0. The van der Waals surface area contributed by atoms with Gasteiger partial charge in [-0.1, -0.05) is 11.8 Å². The zero-order valence-electron chi connectivity index (χ0n) is 5.32. The molecule has 1 fully saturated rings. The minimum atomic E-state index is 0. The number of nitrogens with zero attached hydrogens (tertiary/aromatic N) is 1. The summed E-state index contributed by atoms with van der Waals surface area (Å²) in [6.07, 6.45) is 4.70. The van der Waals surface area contributed by atoms with E-state index in [4.69, 9.17) is 0 Å². The van der Waals surface area contributed by atoms with Gasteiger partial charge < -0.3 is 4.90 Å². The third-order valence-electron chi connectivity index (χ3n) is 1.66. The molecule has 0 aliphatic carbocycles. The molecule has 1 atom stereocenters. The summed E-state index contributed by atoms with van der Waals surface area (Å²) in [6, 6.07) is 0. The largest absolute Gasteiger partial charge is 0.365 e. The molecule has 0 aromatic rings. The van der Waals surface area contributed by atoms with Crippen LogP contribution in [0.2, 0.25) is 0 Å². The second-order valence-corrected chi connectivity index (χ2v) is 3.42. The van der Waals surface area contributed by atoms with E-state index < -0.39 is 0 Å². The quantitative estimate of drug-likeness (QED) is 0.620. The van der Waals surface area contributed by atoms with Crippen molar-refractivity contribution in [2.45, 2.75) is 11.8 Å². The van der Waals surface area contributed by atoms with Gasteiger partial charge in [0.15, 0.2) is 0 Å². The van der Waals surface area contributed by atoms with Gasteiger partial charge in [0.1, 0.15) is 0 Å². The van der Waals surface area contributed by atoms with Gasteiger partial charge in [-0.3, -0.25) is 4.79 Å². The van der Waals surface area contributed by atoms with Crippen LogP contribution >= 0.6 is 35.7 Å². The summed E-state index contributed by atoms with van der Waals surface area (Å²) >= 11 is 1.44. The Morgan fingerprint density at radius 2 is 2.50 bits per heavy atom. The third kappa shape index (κ3) is 1.32. The average molecular weight is 269 g/mol. The van der Waals surface area contributed by atoms with Crippen LogP contribution < -0.4 is 0 Å². The molecule has 0 N–H and O–H groups in total. The normalized spacial score (nSPS) is 28.6. The molecule has 0 radical (unpaired) electrons. The average Bonchev–Trinajstić information content (AvgIpc) is 1.78. The number of fused-ring (bicyclic) bond motifs is 1. The van der Waals surface area contributed by atoms with Gasteiger partial charge in [0.2, 0.25) is 5.12 Å². The highest BCUT2D eigenvalue weighted by molar-refractivity contribution is 14.0. The van der Waals surface area contributed by atoms with E-state index in [-0.39, 0.29) is 29.1 Å². The highest BCUT2D eigenvalue weighted by Gasteiger charge is 2.30. The number of halogens is 1. The van der Waals surface area contributed by atoms with E-state index in [9.17, 15) is 4.79 Å². The molecular formula is C6H8INOS. The van der Waals surface area contributed by atoms with E-state index in [0.717, 1.165) is 6.54 Å². The maximum Gasteiger partial charge on any atom is 0.215 e. The van der Waals surface area contributed by atoms with Crippen molar-refractivity contribution in [1.82, 2.24) is 4.90 Å². The lowest BCUT2D eigenvalue weighted by Crippen LogP contribution is -2.43. The first kappa shape index (κ1) is 8.39. The van der Waals surface area contributed by atoms with Crippen molar-refractivity contribution in [3.05, 3.63) is 12.3 Å². The van der Waals surface area contributed by atoms with Crippen LogP contribution in [-0.4, -0.2) is 21.9 Å². The van der Waals surface area contributed by atoms with Crippen LogP contribution in [-0.2, 0) is 4.79 Å². The fourth-order valence-electron chi connectivity index (χ4n) is 1.01. The summed E-state index contributed by atoms with van der Waals surface area (Å²) in [5.74, 6) is 0. The van der Waals surface area contributed by atoms with E-state index in [2.05, 4.69) is 4.90 Å². The summed E-state index contributed by atoms with van der Waals surface area (Å²) in [7, 11) is 0. The Bertz CT molecular complexity index is 183. The van der Waals surface area contributed by atoms with E-state index in [1.165, 1.54) is 18.2 Å². The number of rotatable bonds is 0. The van der Waals surface area contributed by atoms with Crippen LogP contribution in [0.4, 0.5) is 0 Å². The molecule has 0 aromatic heterocycles. The lowest BCUT2D eigenvalue weighted by Gasteiger charge is -2.40. The van der Waals surface area contributed by atoms with E-state index in [1.54, 1.807) is 6.08 Å². The molecule has 0 spiro atoms. The predicted molar refractivity (Wildman–Crippen MR) is 52.3 cm³/mol. The number of hydrogen-bond acceptors (Lipinski definition) is 3. The number of carbonyl (C=O) groups excluding carboxylic acids is 1. The highest BCUT2D eigenvalue weighted by Crippen LogP contribution is 2.32. The summed E-state index contributed by atoms with van der Waals surface area (Å²) in [6.45, 7) is 1.13. The minimum absolute atomic E-state index is 0. The molecule has 0 aromatic carbocycles. The molecule has 0 bridgehead atoms. The third-order valence-corrected chi connectivity index (χ3v) is 2.81. The molecule has 2 nitrogen and oxygen atoms in total. The SMILES string of the molecule is I.O=C1C=CN2CCC2S1. The Labute approximate surface area is 81.1 Å². The van der Waals surface area contributed by atoms with Crippen molar-refractivity contribution in [3.63, 3.8) is 0 Å². The smallest absolute Gasteiger partial charge is 0.215 e. The van der Waals surface area contributed by atoms with Gasteiger partial charge in [0.25, 0.3) is 0 Å². The fraction of sp³-hybridized carbons (Fsp3) is 0.500. The zero-order valence-corrected chi connectivity index (χ0v) is 8.47. The van der Waals surface area contributed by atoms with E-state index in [0.29, 0.717) is 5.37 Å². The van der Waals surface area contributed by atoms with Gasteiger partial charge in [-0.05, 0) is 6.42 Å². The molecule has 1 unspecified atom stereocenters. The summed E-state index contributed by atoms with van der Waals surface area (Å²) in [5, 5.41) is 0.679. The molecule has 2 aliphatic rings. The monoisotopic (exact) mass is 269 g/mol. The molecule has 1 saturated heterocycles. The Kier molecular flexibility index (Phi) is 2.62. The predicted octanol–water partition coefficient (Wildman–Crippen LogP) is 1.42. The minimum Gasteiger partial charge on any atom is -0.365 e.